The van der Waals surface area contributed by atoms with Crippen molar-refractivity contribution in [1.82, 2.24) is 0 Å². The van der Waals surface area contributed by atoms with Gasteiger partial charge in [0.05, 0.1) is 12.1 Å². The number of nitrogens with one attached hydrogen (secondary N) is 2. The zero-order valence-corrected chi connectivity index (χ0v) is 17.1. The third kappa shape index (κ3) is 6.19. The summed E-state index contributed by atoms with van der Waals surface area (Å²) < 4.78 is 11.3. The van der Waals surface area contributed by atoms with E-state index in [-0.39, 0.29) is 28.1 Å². The highest BCUT2D eigenvalue weighted by molar-refractivity contribution is 7.82. The summed E-state index contributed by atoms with van der Waals surface area (Å²) >= 11 is 10.3. The predicted molar refractivity (Wildman–Crippen MR) is 112 cm³/mol. The van der Waals surface area contributed by atoms with Crippen LogP contribution in [0.4, 0.5) is 21.9 Å². The molecule has 9 nitrogen and oxygen atoms in total. The molecular weight excluding hydrogens is 422 g/mol. The van der Waals surface area contributed by atoms with Gasteiger partial charge in [-0.15, -0.1) is 0 Å². The second-order valence-corrected chi connectivity index (χ2v) is 6.44. The molecule has 0 saturated carbocycles. The van der Waals surface area contributed by atoms with Crippen LogP contribution in [0, 0.1) is 0 Å². The first-order valence-electron chi connectivity index (χ1n) is 8.11. The molecule has 0 aliphatic carbocycles. The van der Waals surface area contributed by atoms with Gasteiger partial charge in [-0.25, -0.2) is 13.9 Å². The van der Waals surface area contributed by atoms with Crippen LogP contribution in [-0.2, 0) is 9.59 Å². The molecule has 0 radical (unpaired) electrons. The number of urea groups is 1. The van der Waals surface area contributed by atoms with E-state index in [1.165, 1.54) is 26.2 Å². The minimum absolute atomic E-state index is 0.0774. The number of carboxylic acids is 1. The van der Waals surface area contributed by atoms with Gasteiger partial charge in [0.1, 0.15) is 17.2 Å². The number of carbonyl (C=O) groups excluding carboxylic acids is 2. The Kier molecular flexibility index (Phi) is 7.57. The highest BCUT2D eigenvalue weighted by Gasteiger charge is 2.20. The Balaban J connectivity index is 2.16. The molecule has 0 aliphatic rings. The van der Waals surface area contributed by atoms with Crippen LogP contribution in [0.5, 0.6) is 11.5 Å². The largest absolute Gasteiger partial charge is 0.494 e. The average Bonchev–Trinajstić information content (AvgIpc) is 2.67. The molecule has 11 heteroatoms. The average molecular weight is 440 g/mol. The lowest BCUT2D eigenvalue weighted by Gasteiger charge is -2.20. The van der Waals surface area contributed by atoms with Crippen LogP contribution >= 0.6 is 24.4 Å². The van der Waals surface area contributed by atoms with Crippen molar-refractivity contribution in [3.05, 3.63) is 41.4 Å². The number of hydrogen-bond donors (Lipinski definition) is 4. The lowest BCUT2D eigenvalue weighted by atomic mass is 10.2. The lowest BCUT2D eigenvalue weighted by molar-refractivity contribution is -0.139. The predicted octanol–water partition coefficient (Wildman–Crippen LogP) is 3.65. The molecule has 2 rings (SSSR count). The van der Waals surface area contributed by atoms with E-state index in [1.54, 1.807) is 24.3 Å². The van der Waals surface area contributed by atoms with Gasteiger partial charge >= 0.3 is 12.0 Å². The fourth-order valence-corrected chi connectivity index (χ4v) is 2.65. The third-order valence-corrected chi connectivity index (χ3v) is 4.15. The van der Waals surface area contributed by atoms with E-state index in [0.717, 1.165) is 4.31 Å². The topological polar surface area (TPSA) is 117 Å². The van der Waals surface area contributed by atoms with Crippen LogP contribution in [0.3, 0.4) is 0 Å². The number of hydrogen-bond acceptors (Lipinski definition) is 6. The van der Waals surface area contributed by atoms with Crippen LogP contribution in [0.15, 0.2) is 36.4 Å². The Morgan fingerprint density at radius 3 is 2.21 bits per heavy atom. The van der Waals surface area contributed by atoms with Crippen LogP contribution < -0.4 is 24.4 Å². The number of amides is 3. The summed E-state index contributed by atoms with van der Waals surface area (Å²) in [4.78, 5) is 34.2. The zero-order chi connectivity index (χ0) is 21.6. The number of methoxy groups -OCH3 is 1. The Morgan fingerprint density at radius 2 is 1.69 bits per heavy atom. The first kappa shape index (κ1) is 22.2. The molecule has 154 valence electrons. The molecule has 0 fully saturated rings. The van der Waals surface area contributed by atoms with Crippen molar-refractivity contribution >= 4 is 59.4 Å². The summed E-state index contributed by atoms with van der Waals surface area (Å²) in [5.74, 6) is -1.08. The van der Waals surface area contributed by atoms with E-state index < -0.39 is 18.6 Å². The van der Waals surface area contributed by atoms with Crippen LogP contribution in [0.2, 0.25) is 5.02 Å². The van der Waals surface area contributed by atoms with E-state index in [2.05, 4.69) is 23.4 Å². The van der Waals surface area contributed by atoms with Gasteiger partial charge in [-0.3, -0.25) is 4.79 Å². The number of benzene rings is 2. The van der Waals surface area contributed by atoms with Crippen molar-refractivity contribution in [2.24, 2.45) is 0 Å². The van der Waals surface area contributed by atoms with E-state index in [1.807, 2.05) is 0 Å². The second kappa shape index (κ2) is 9.89. The molecule has 2 aromatic rings. The number of thiol groups is 1. The molecule has 0 unspecified atom stereocenters. The fourth-order valence-electron chi connectivity index (χ4n) is 2.23. The van der Waals surface area contributed by atoms with Crippen LogP contribution in [0.1, 0.15) is 6.92 Å². The molecule has 3 amide bonds. The third-order valence-electron chi connectivity index (χ3n) is 3.46. The van der Waals surface area contributed by atoms with Gasteiger partial charge in [0, 0.05) is 24.4 Å². The molecule has 0 heterocycles. The molecule has 0 spiro atoms. The summed E-state index contributed by atoms with van der Waals surface area (Å²) in [6.45, 7) is 0.812. The molecule has 29 heavy (non-hydrogen) atoms. The van der Waals surface area contributed by atoms with Gasteiger partial charge in [0.25, 0.3) is 0 Å². The van der Waals surface area contributed by atoms with Gasteiger partial charge in [-0.05, 0) is 30.3 Å². The Bertz CT molecular complexity index is 923. The minimum atomic E-state index is -1.16. The van der Waals surface area contributed by atoms with Gasteiger partial charge in [-0.1, -0.05) is 24.4 Å². The number of halogens is 1. The molecule has 3 N–H and O–H groups in total. The molecule has 0 saturated heterocycles. The number of rotatable bonds is 7. The number of aliphatic carboxylic acids is 1. The molecule has 0 aromatic heterocycles. The summed E-state index contributed by atoms with van der Waals surface area (Å²) in [5, 5.41) is 14.0. The monoisotopic (exact) mass is 439 g/mol. The highest BCUT2D eigenvalue weighted by atomic mass is 35.5. The van der Waals surface area contributed by atoms with Crippen molar-refractivity contribution in [2.75, 3.05) is 28.7 Å². The number of carboxylic acid groups (broad SMARTS) is 1. The van der Waals surface area contributed by atoms with Crippen molar-refractivity contribution in [1.29, 1.82) is 0 Å². The summed E-state index contributed by atoms with van der Waals surface area (Å²) in [6, 6.07) is 8.60. The first-order chi connectivity index (χ1) is 13.7. The first-order valence-corrected chi connectivity index (χ1v) is 8.88. The second-order valence-electron chi connectivity index (χ2n) is 5.64. The smallest absolute Gasteiger partial charge is 0.341 e. The zero-order valence-electron chi connectivity index (χ0n) is 15.4. The Labute approximate surface area is 177 Å². The molecule has 0 aliphatic heterocycles. The van der Waals surface area contributed by atoms with Crippen molar-refractivity contribution in [3.8, 4) is 11.5 Å². The van der Waals surface area contributed by atoms with E-state index >= 15 is 0 Å². The van der Waals surface area contributed by atoms with Gasteiger partial charge in [-0.2, -0.15) is 0 Å². The van der Waals surface area contributed by atoms with Crippen molar-refractivity contribution < 1.29 is 29.0 Å². The van der Waals surface area contributed by atoms with E-state index in [9.17, 15) is 14.4 Å². The van der Waals surface area contributed by atoms with Crippen molar-refractivity contribution in [3.63, 3.8) is 0 Å². The maximum atomic E-state index is 12.5. The number of carbonyl (C=O) groups is 3. The summed E-state index contributed by atoms with van der Waals surface area (Å²) in [5.41, 5.74) is 1.27. The van der Waals surface area contributed by atoms with E-state index in [4.69, 9.17) is 26.2 Å². The van der Waals surface area contributed by atoms with Crippen molar-refractivity contribution in [2.45, 2.75) is 6.92 Å². The number of ether oxygens (including phenoxy) is 2. The molecule has 0 atom stereocenters. The van der Waals surface area contributed by atoms with Gasteiger partial charge in [0.2, 0.25) is 5.91 Å². The minimum Gasteiger partial charge on any atom is -0.494 e. The number of nitrogens with zero attached hydrogens (tertiary/aromatic N) is 1. The van der Waals surface area contributed by atoms with Crippen LogP contribution in [-0.4, -0.2) is 36.7 Å². The lowest BCUT2D eigenvalue weighted by Crippen LogP contribution is -2.27. The number of anilines is 3. The molecule has 0 bridgehead atoms. The Morgan fingerprint density at radius 1 is 1.10 bits per heavy atom. The maximum Gasteiger partial charge on any atom is 0.341 e. The van der Waals surface area contributed by atoms with Gasteiger partial charge < -0.3 is 25.2 Å². The summed E-state index contributed by atoms with van der Waals surface area (Å²) in [7, 11) is 1.37. The standard InChI is InChI=1S/C18H18ClN3O6S/c1-10(23)20-11-3-5-12(6-4-11)21-18(26)22(29)14-7-13(19)15(8-16(14)27-2)28-9-17(24)25/h3-8,29H,9H2,1-2H3,(H,20,23)(H,21,26)(H,24,25). The SMILES string of the molecule is COc1cc(OCC(=O)O)c(Cl)cc1N(S)C(=O)Nc1ccc(NC(C)=O)cc1. The molecule has 2 aromatic carbocycles. The fraction of sp³-hybridized carbons (Fsp3) is 0.167. The molecular formula is C18H18ClN3O6S. The normalized spacial score (nSPS) is 10.1. The maximum absolute atomic E-state index is 12.5. The Hall–Kier alpha value is -3.11. The summed E-state index contributed by atoms with van der Waals surface area (Å²) in [6.07, 6.45) is 0. The van der Waals surface area contributed by atoms with Gasteiger partial charge in [0.15, 0.2) is 6.61 Å². The highest BCUT2D eigenvalue weighted by Crippen LogP contribution is 2.39. The quantitative estimate of drug-likeness (QED) is 0.489. The van der Waals surface area contributed by atoms with E-state index in [0.29, 0.717) is 11.4 Å². The van der Waals surface area contributed by atoms with Crippen LogP contribution in [0.25, 0.3) is 0 Å².